The first-order valence-electron chi connectivity index (χ1n) is 5.42. The van der Waals surface area contributed by atoms with E-state index in [0.29, 0.717) is 16.5 Å². The molecule has 1 aliphatic carbocycles. The van der Waals surface area contributed by atoms with E-state index in [1.807, 2.05) is 6.07 Å². The minimum atomic E-state index is -0.681. The molecular weight excluding hydrogens is 226 g/mol. The average molecular weight is 242 g/mol. The molecule has 1 unspecified atom stereocenters. The first-order valence-corrected chi connectivity index (χ1v) is 5.80. The minimum Gasteiger partial charge on any atom is -0.496 e. The highest BCUT2D eigenvalue weighted by molar-refractivity contribution is 6.31. The lowest BCUT2D eigenvalue weighted by Gasteiger charge is -2.15. The number of benzene rings is 1. The van der Waals surface area contributed by atoms with Gasteiger partial charge in [-0.25, -0.2) is 0 Å². The maximum Gasteiger partial charge on any atom is 0.124 e. The number of aliphatic hydroxyl groups is 1. The summed E-state index contributed by atoms with van der Waals surface area (Å²) in [4.78, 5) is 0. The number of hydrogen-bond acceptors (Lipinski definition) is 3. The third-order valence-electron chi connectivity index (χ3n) is 2.93. The SMILES string of the molecule is COc1cc(C(O)CN)cc(Cl)c1C1CC1. The summed E-state index contributed by atoms with van der Waals surface area (Å²) in [5, 5.41) is 10.4. The van der Waals surface area contributed by atoms with Crippen molar-refractivity contribution >= 4 is 11.6 Å². The largest absolute Gasteiger partial charge is 0.496 e. The summed E-state index contributed by atoms with van der Waals surface area (Å²) in [5.74, 6) is 1.28. The normalized spacial score (nSPS) is 17.2. The molecule has 3 nitrogen and oxygen atoms in total. The van der Waals surface area contributed by atoms with Crippen LogP contribution in [0.5, 0.6) is 5.75 Å². The van der Waals surface area contributed by atoms with Gasteiger partial charge in [0.15, 0.2) is 0 Å². The van der Waals surface area contributed by atoms with Crippen LogP contribution < -0.4 is 10.5 Å². The Balaban J connectivity index is 2.41. The molecule has 1 aromatic carbocycles. The Bertz CT molecular complexity index is 391. The van der Waals surface area contributed by atoms with Gasteiger partial charge < -0.3 is 15.6 Å². The first kappa shape index (κ1) is 11.7. The van der Waals surface area contributed by atoms with Gasteiger partial charge >= 0.3 is 0 Å². The Kier molecular flexibility index (Phi) is 3.38. The van der Waals surface area contributed by atoms with Crippen molar-refractivity contribution in [2.45, 2.75) is 24.9 Å². The maximum absolute atomic E-state index is 9.68. The molecule has 1 aromatic rings. The minimum absolute atomic E-state index is 0.183. The average Bonchev–Trinajstić information content (AvgIpc) is 3.10. The molecule has 0 spiro atoms. The second kappa shape index (κ2) is 4.62. The first-order chi connectivity index (χ1) is 7.67. The van der Waals surface area contributed by atoms with Crippen LogP contribution in [0, 0.1) is 0 Å². The van der Waals surface area contributed by atoms with Crippen LogP contribution in [-0.4, -0.2) is 18.8 Å². The lowest BCUT2D eigenvalue weighted by atomic mass is 10.0. The predicted octanol–water partition coefficient (Wildman–Crippen LogP) is 2.22. The van der Waals surface area contributed by atoms with Gasteiger partial charge in [0.25, 0.3) is 0 Å². The molecule has 16 heavy (non-hydrogen) atoms. The Hall–Kier alpha value is -0.770. The van der Waals surface area contributed by atoms with Gasteiger partial charge in [-0.05, 0) is 36.5 Å². The molecule has 0 aliphatic heterocycles. The molecule has 3 N–H and O–H groups in total. The van der Waals surface area contributed by atoms with Crippen LogP contribution in [0.4, 0.5) is 0 Å². The quantitative estimate of drug-likeness (QED) is 0.850. The standard InChI is InChI=1S/C12H16ClNO2/c1-16-11-5-8(10(15)6-14)4-9(13)12(11)7-2-3-7/h4-5,7,10,15H,2-3,6,14H2,1H3. The summed E-state index contributed by atoms with van der Waals surface area (Å²) in [5.41, 5.74) is 7.21. The lowest BCUT2D eigenvalue weighted by Crippen LogP contribution is -2.12. The third-order valence-corrected chi connectivity index (χ3v) is 3.24. The predicted molar refractivity (Wildman–Crippen MR) is 64.0 cm³/mol. The van der Waals surface area contributed by atoms with Crippen LogP contribution in [0.25, 0.3) is 0 Å². The van der Waals surface area contributed by atoms with E-state index in [1.165, 1.54) is 0 Å². The zero-order chi connectivity index (χ0) is 11.7. The lowest BCUT2D eigenvalue weighted by molar-refractivity contribution is 0.186. The molecule has 1 aliphatic rings. The molecule has 2 rings (SSSR count). The number of aliphatic hydroxyl groups excluding tert-OH is 1. The topological polar surface area (TPSA) is 55.5 Å². The molecular formula is C12H16ClNO2. The van der Waals surface area contributed by atoms with Gasteiger partial charge in [0, 0.05) is 17.1 Å². The summed E-state index contributed by atoms with van der Waals surface area (Å²) in [6, 6.07) is 3.62. The number of ether oxygens (including phenoxy) is 1. The van der Waals surface area contributed by atoms with Gasteiger partial charge in [-0.15, -0.1) is 0 Å². The molecule has 0 bridgehead atoms. The number of nitrogens with two attached hydrogens (primary N) is 1. The smallest absolute Gasteiger partial charge is 0.124 e. The molecule has 1 fully saturated rings. The van der Waals surface area contributed by atoms with Gasteiger partial charge in [-0.1, -0.05) is 11.6 Å². The molecule has 0 radical (unpaired) electrons. The van der Waals surface area contributed by atoms with Crippen molar-refractivity contribution in [2.24, 2.45) is 5.73 Å². The molecule has 88 valence electrons. The summed E-state index contributed by atoms with van der Waals surface area (Å²) in [6.45, 7) is 0.183. The monoisotopic (exact) mass is 241 g/mol. The third kappa shape index (κ3) is 2.17. The highest BCUT2D eigenvalue weighted by Gasteiger charge is 2.29. The Labute approximate surface area is 100 Å². The molecule has 1 saturated carbocycles. The highest BCUT2D eigenvalue weighted by atomic mass is 35.5. The van der Waals surface area contributed by atoms with Crippen molar-refractivity contribution in [3.63, 3.8) is 0 Å². The number of rotatable bonds is 4. The number of halogens is 1. The summed E-state index contributed by atoms with van der Waals surface area (Å²) in [7, 11) is 1.62. The van der Waals surface area contributed by atoms with Crippen molar-refractivity contribution in [1.82, 2.24) is 0 Å². The zero-order valence-corrected chi connectivity index (χ0v) is 10.00. The van der Waals surface area contributed by atoms with Crippen molar-refractivity contribution in [3.8, 4) is 5.75 Å². The van der Waals surface area contributed by atoms with E-state index in [4.69, 9.17) is 22.1 Å². The van der Waals surface area contributed by atoms with E-state index in [9.17, 15) is 5.11 Å². The zero-order valence-electron chi connectivity index (χ0n) is 9.24. The molecule has 0 saturated heterocycles. The maximum atomic E-state index is 9.68. The molecule has 0 amide bonds. The van der Waals surface area contributed by atoms with Gasteiger partial charge in [-0.2, -0.15) is 0 Å². The van der Waals surface area contributed by atoms with Crippen molar-refractivity contribution in [2.75, 3.05) is 13.7 Å². The van der Waals surface area contributed by atoms with Gasteiger partial charge in [0.05, 0.1) is 13.2 Å². The molecule has 4 heteroatoms. The van der Waals surface area contributed by atoms with E-state index in [1.54, 1.807) is 13.2 Å². The van der Waals surface area contributed by atoms with E-state index in [-0.39, 0.29) is 6.54 Å². The van der Waals surface area contributed by atoms with Crippen LogP contribution in [0.15, 0.2) is 12.1 Å². The fourth-order valence-electron chi connectivity index (χ4n) is 1.88. The molecule has 0 heterocycles. The van der Waals surface area contributed by atoms with Crippen molar-refractivity contribution < 1.29 is 9.84 Å². The van der Waals surface area contributed by atoms with E-state index >= 15 is 0 Å². The van der Waals surface area contributed by atoms with Crippen LogP contribution in [0.2, 0.25) is 5.02 Å². The molecule has 1 atom stereocenters. The Morgan fingerprint density at radius 3 is 2.75 bits per heavy atom. The Morgan fingerprint density at radius 2 is 2.25 bits per heavy atom. The van der Waals surface area contributed by atoms with Gasteiger partial charge in [-0.3, -0.25) is 0 Å². The summed E-state index contributed by atoms with van der Waals surface area (Å²) >= 11 is 6.22. The van der Waals surface area contributed by atoms with Crippen LogP contribution in [0.3, 0.4) is 0 Å². The van der Waals surface area contributed by atoms with E-state index in [2.05, 4.69) is 0 Å². The van der Waals surface area contributed by atoms with Crippen LogP contribution in [-0.2, 0) is 0 Å². The second-order valence-corrected chi connectivity index (χ2v) is 4.55. The van der Waals surface area contributed by atoms with Gasteiger partial charge in [0.1, 0.15) is 5.75 Å². The second-order valence-electron chi connectivity index (χ2n) is 4.14. The van der Waals surface area contributed by atoms with Crippen LogP contribution in [0.1, 0.15) is 36.0 Å². The number of hydrogen-bond donors (Lipinski definition) is 2. The summed E-state index contributed by atoms with van der Waals surface area (Å²) in [6.07, 6.45) is 1.64. The van der Waals surface area contributed by atoms with E-state index in [0.717, 1.165) is 24.2 Å². The van der Waals surface area contributed by atoms with Crippen molar-refractivity contribution in [1.29, 1.82) is 0 Å². The Morgan fingerprint density at radius 1 is 1.56 bits per heavy atom. The number of methoxy groups -OCH3 is 1. The molecule has 0 aromatic heterocycles. The van der Waals surface area contributed by atoms with Crippen LogP contribution >= 0.6 is 11.6 Å². The van der Waals surface area contributed by atoms with Crippen molar-refractivity contribution in [3.05, 3.63) is 28.3 Å². The van der Waals surface area contributed by atoms with E-state index < -0.39 is 6.10 Å². The van der Waals surface area contributed by atoms with Gasteiger partial charge in [0.2, 0.25) is 0 Å². The summed E-state index contributed by atoms with van der Waals surface area (Å²) < 4.78 is 5.33. The fraction of sp³-hybridized carbons (Fsp3) is 0.500. The fourth-order valence-corrected chi connectivity index (χ4v) is 2.25. The highest BCUT2D eigenvalue weighted by Crippen LogP contribution is 2.48.